The number of aromatic amines is 1. The predicted molar refractivity (Wildman–Crippen MR) is 55.1 cm³/mol. The van der Waals surface area contributed by atoms with Crippen molar-refractivity contribution in [2.24, 2.45) is 7.05 Å². The Labute approximate surface area is 87.7 Å². The first-order chi connectivity index (χ1) is 7.29. The van der Waals surface area contributed by atoms with E-state index in [2.05, 4.69) is 25.6 Å². The molecule has 2 rings (SSSR count). The molecule has 0 aliphatic heterocycles. The van der Waals surface area contributed by atoms with E-state index in [4.69, 9.17) is 0 Å². The maximum atomic E-state index is 4.22. The lowest BCUT2D eigenvalue weighted by molar-refractivity contribution is 0.556. The maximum Gasteiger partial charge on any atom is 0.123 e. The molecule has 0 spiro atoms. The monoisotopic (exact) mass is 206 g/mol. The largest absolute Gasteiger partial charge is 0.347 e. The van der Waals surface area contributed by atoms with E-state index >= 15 is 0 Å². The van der Waals surface area contributed by atoms with Gasteiger partial charge in [-0.15, -0.1) is 5.10 Å². The molecule has 2 N–H and O–H groups in total. The first kappa shape index (κ1) is 9.85. The van der Waals surface area contributed by atoms with Crippen molar-refractivity contribution in [3.63, 3.8) is 0 Å². The smallest absolute Gasteiger partial charge is 0.123 e. The molecule has 0 saturated heterocycles. The van der Waals surface area contributed by atoms with Crippen LogP contribution >= 0.6 is 0 Å². The third-order valence-electron chi connectivity index (χ3n) is 2.26. The lowest BCUT2D eigenvalue weighted by Crippen LogP contribution is -2.20. The van der Waals surface area contributed by atoms with E-state index in [1.54, 1.807) is 10.9 Å². The molecule has 2 aromatic heterocycles. The van der Waals surface area contributed by atoms with Crippen LogP contribution < -0.4 is 5.32 Å². The average molecular weight is 206 g/mol. The zero-order chi connectivity index (χ0) is 10.7. The quantitative estimate of drug-likeness (QED) is 0.741. The summed E-state index contributed by atoms with van der Waals surface area (Å²) >= 11 is 0. The highest BCUT2D eigenvalue weighted by Gasteiger charge is 2.13. The van der Waals surface area contributed by atoms with Crippen LogP contribution in [-0.4, -0.2) is 32.0 Å². The molecule has 0 aromatic carbocycles. The van der Waals surface area contributed by atoms with Crippen molar-refractivity contribution >= 4 is 0 Å². The van der Waals surface area contributed by atoms with Gasteiger partial charge in [-0.1, -0.05) is 5.21 Å². The van der Waals surface area contributed by atoms with Crippen molar-refractivity contribution in [2.45, 2.75) is 12.5 Å². The number of hydrogen-bond acceptors (Lipinski definition) is 4. The number of imidazole rings is 1. The third kappa shape index (κ3) is 2.21. The molecule has 0 amide bonds. The molecular weight excluding hydrogens is 192 g/mol. The normalized spacial score (nSPS) is 12.9. The Morgan fingerprint density at radius 1 is 1.60 bits per heavy atom. The van der Waals surface area contributed by atoms with E-state index in [1.807, 2.05) is 26.5 Å². The summed E-state index contributed by atoms with van der Waals surface area (Å²) in [5, 5.41) is 11.1. The van der Waals surface area contributed by atoms with Crippen LogP contribution in [0.25, 0.3) is 0 Å². The molecule has 0 bridgehead atoms. The van der Waals surface area contributed by atoms with Crippen LogP contribution in [0.2, 0.25) is 0 Å². The minimum atomic E-state index is 0.150. The van der Waals surface area contributed by atoms with Gasteiger partial charge in [0.1, 0.15) is 5.82 Å². The molecule has 0 fully saturated rings. The lowest BCUT2D eigenvalue weighted by Gasteiger charge is -2.11. The van der Waals surface area contributed by atoms with Crippen molar-refractivity contribution in [2.75, 3.05) is 7.05 Å². The second kappa shape index (κ2) is 4.22. The van der Waals surface area contributed by atoms with Gasteiger partial charge in [0, 0.05) is 32.1 Å². The summed E-state index contributed by atoms with van der Waals surface area (Å²) < 4.78 is 1.70. The molecule has 6 nitrogen and oxygen atoms in total. The van der Waals surface area contributed by atoms with Gasteiger partial charge in [-0.05, 0) is 7.05 Å². The Hall–Kier alpha value is -1.69. The number of likely N-dealkylation sites (N-methyl/N-ethyl adjacent to an activating group) is 1. The van der Waals surface area contributed by atoms with Crippen LogP contribution in [0, 0.1) is 0 Å². The summed E-state index contributed by atoms with van der Waals surface area (Å²) in [7, 11) is 3.77. The van der Waals surface area contributed by atoms with Gasteiger partial charge in [-0.2, -0.15) is 0 Å². The topological polar surface area (TPSA) is 71.4 Å². The Balaban J connectivity index is 2.09. The Morgan fingerprint density at radius 2 is 2.47 bits per heavy atom. The molecule has 0 radical (unpaired) electrons. The Morgan fingerprint density at radius 3 is 3.00 bits per heavy atom. The number of aryl methyl sites for hydroxylation is 1. The fourth-order valence-corrected chi connectivity index (χ4v) is 1.50. The van der Waals surface area contributed by atoms with Gasteiger partial charge in [0.15, 0.2) is 0 Å². The number of aromatic nitrogens is 5. The summed E-state index contributed by atoms with van der Waals surface area (Å²) in [6, 6.07) is 0.150. The Bertz CT molecular complexity index is 404. The van der Waals surface area contributed by atoms with Gasteiger partial charge in [0.2, 0.25) is 0 Å². The SMILES string of the molecule is CNC(Cc1cn(C)nn1)c1ncc[nH]1. The fraction of sp³-hybridized carbons (Fsp3) is 0.444. The van der Waals surface area contributed by atoms with E-state index < -0.39 is 0 Å². The minimum Gasteiger partial charge on any atom is -0.347 e. The summed E-state index contributed by atoms with van der Waals surface area (Å²) in [6.45, 7) is 0. The Kier molecular flexibility index (Phi) is 2.77. The highest BCUT2D eigenvalue weighted by molar-refractivity contribution is 5.03. The summed E-state index contributed by atoms with van der Waals surface area (Å²) in [6.07, 6.45) is 6.25. The molecular formula is C9H14N6. The van der Waals surface area contributed by atoms with Crippen LogP contribution in [-0.2, 0) is 13.5 Å². The zero-order valence-corrected chi connectivity index (χ0v) is 8.81. The second-order valence-electron chi connectivity index (χ2n) is 3.40. The third-order valence-corrected chi connectivity index (χ3v) is 2.26. The summed E-state index contributed by atoms with van der Waals surface area (Å²) in [5.74, 6) is 0.920. The van der Waals surface area contributed by atoms with E-state index in [1.165, 1.54) is 0 Å². The van der Waals surface area contributed by atoms with Gasteiger partial charge in [-0.3, -0.25) is 4.68 Å². The van der Waals surface area contributed by atoms with Gasteiger partial charge >= 0.3 is 0 Å². The van der Waals surface area contributed by atoms with Gasteiger partial charge in [-0.25, -0.2) is 4.98 Å². The van der Waals surface area contributed by atoms with Crippen LogP contribution in [0.4, 0.5) is 0 Å². The maximum absolute atomic E-state index is 4.22. The number of H-pyrrole nitrogens is 1. The molecule has 2 aromatic rings. The predicted octanol–water partition coefficient (Wildman–Crippen LogP) is 0.0414. The van der Waals surface area contributed by atoms with Crippen LogP contribution in [0.5, 0.6) is 0 Å². The van der Waals surface area contributed by atoms with Gasteiger partial charge in [0.25, 0.3) is 0 Å². The average Bonchev–Trinajstić information content (AvgIpc) is 2.85. The molecule has 15 heavy (non-hydrogen) atoms. The number of rotatable bonds is 4. The van der Waals surface area contributed by atoms with Crippen molar-refractivity contribution in [3.8, 4) is 0 Å². The van der Waals surface area contributed by atoms with Crippen molar-refractivity contribution < 1.29 is 0 Å². The van der Waals surface area contributed by atoms with Crippen molar-refractivity contribution in [3.05, 3.63) is 30.1 Å². The van der Waals surface area contributed by atoms with Gasteiger partial charge < -0.3 is 10.3 Å². The highest BCUT2D eigenvalue weighted by atomic mass is 15.4. The molecule has 0 saturated carbocycles. The number of nitrogens with zero attached hydrogens (tertiary/aromatic N) is 4. The molecule has 6 heteroatoms. The second-order valence-corrected chi connectivity index (χ2v) is 3.40. The molecule has 0 aliphatic rings. The van der Waals surface area contributed by atoms with Crippen LogP contribution in [0.3, 0.4) is 0 Å². The van der Waals surface area contributed by atoms with E-state index in [9.17, 15) is 0 Å². The van der Waals surface area contributed by atoms with Crippen molar-refractivity contribution in [1.29, 1.82) is 0 Å². The number of hydrogen-bond donors (Lipinski definition) is 2. The molecule has 2 heterocycles. The summed E-state index contributed by atoms with van der Waals surface area (Å²) in [4.78, 5) is 7.30. The minimum absolute atomic E-state index is 0.150. The van der Waals surface area contributed by atoms with E-state index in [0.717, 1.165) is 17.9 Å². The molecule has 0 aliphatic carbocycles. The standard InChI is InChI=1S/C9H14N6/c1-10-8(9-11-3-4-12-9)5-7-6-15(2)14-13-7/h3-4,6,8,10H,5H2,1-2H3,(H,11,12). The molecule has 80 valence electrons. The molecule has 1 atom stereocenters. The molecule has 1 unspecified atom stereocenters. The number of nitrogens with one attached hydrogen (secondary N) is 2. The van der Waals surface area contributed by atoms with Crippen molar-refractivity contribution in [1.82, 2.24) is 30.3 Å². The van der Waals surface area contributed by atoms with E-state index in [0.29, 0.717) is 0 Å². The highest BCUT2D eigenvalue weighted by Crippen LogP contribution is 2.11. The summed E-state index contributed by atoms with van der Waals surface area (Å²) in [5.41, 5.74) is 0.952. The first-order valence-corrected chi connectivity index (χ1v) is 4.81. The van der Waals surface area contributed by atoms with Gasteiger partial charge in [0.05, 0.1) is 11.7 Å². The first-order valence-electron chi connectivity index (χ1n) is 4.81. The lowest BCUT2D eigenvalue weighted by atomic mass is 10.1. The van der Waals surface area contributed by atoms with Crippen LogP contribution in [0.1, 0.15) is 17.6 Å². The van der Waals surface area contributed by atoms with Crippen LogP contribution in [0.15, 0.2) is 18.6 Å². The zero-order valence-electron chi connectivity index (χ0n) is 8.81. The fourth-order valence-electron chi connectivity index (χ4n) is 1.50. The van der Waals surface area contributed by atoms with E-state index in [-0.39, 0.29) is 6.04 Å².